The van der Waals surface area contributed by atoms with Gasteiger partial charge in [-0.15, -0.1) is 0 Å². The molecule has 0 amide bonds. The van der Waals surface area contributed by atoms with Gasteiger partial charge in [-0.1, -0.05) is 0 Å². The Morgan fingerprint density at radius 3 is 2.14 bits per heavy atom. The lowest BCUT2D eigenvalue weighted by Crippen LogP contribution is -2.38. The van der Waals surface area contributed by atoms with Crippen molar-refractivity contribution in [2.75, 3.05) is 6.61 Å². The lowest BCUT2D eigenvalue weighted by atomic mass is 10.5. The van der Waals surface area contributed by atoms with E-state index in [1.165, 1.54) is 13.8 Å². The number of hydrogen-bond acceptors (Lipinski definition) is 6. The van der Waals surface area contributed by atoms with Crippen LogP contribution in [0, 0.1) is 0 Å². The second-order valence-electron chi connectivity index (χ2n) is 2.82. The van der Waals surface area contributed by atoms with Crippen LogP contribution in [0.2, 0.25) is 0 Å². The Balaban J connectivity index is 2.80. The molecule has 0 fully saturated rings. The molecule has 14 heavy (non-hydrogen) atoms. The minimum Gasteiger partial charge on any atom is -0.470 e. The van der Waals surface area contributed by atoms with Crippen LogP contribution < -0.4 is 0 Å². The Morgan fingerprint density at radius 1 is 1.36 bits per heavy atom. The van der Waals surface area contributed by atoms with E-state index in [9.17, 15) is 9.59 Å². The van der Waals surface area contributed by atoms with E-state index in [0.717, 1.165) is 0 Å². The third-order valence-electron chi connectivity index (χ3n) is 1.40. The summed E-state index contributed by atoms with van der Waals surface area (Å²) in [7, 11) is 0. The molecule has 0 aromatic heterocycles. The number of carbonyl (C=O) groups is 2. The summed E-state index contributed by atoms with van der Waals surface area (Å²) in [6.45, 7) is 3.88. The molecular weight excluding hydrogens is 190 g/mol. The normalized spacial score (nSPS) is 18.1. The lowest BCUT2D eigenvalue weighted by molar-refractivity contribution is -0.226. The average Bonchev–Trinajstić information content (AvgIpc) is 2.28. The summed E-state index contributed by atoms with van der Waals surface area (Å²) < 4.78 is 14.5. The monoisotopic (exact) mass is 201 g/mol. The SMILES string of the molecule is CC(=O)OC1(OC(C)=O)COC(C)=N1. The number of aliphatic imine (C=N–C) groups is 1. The average molecular weight is 201 g/mol. The fourth-order valence-electron chi connectivity index (χ4n) is 1.07. The zero-order chi connectivity index (χ0) is 10.8. The molecule has 0 saturated heterocycles. The standard InChI is InChI=1S/C8H11NO5/c1-5-9-8(4-12-5,13-6(2)10)14-7(3)11/h4H2,1-3H3. The molecular formula is C8H11NO5. The molecule has 0 N–H and O–H groups in total. The second kappa shape index (κ2) is 3.65. The summed E-state index contributed by atoms with van der Waals surface area (Å²) in [6.07, 6.45) is 0. The van der Waals surface area contributed by atoms with E-state index >= 15 is 0 Å². The molecule has 1 rings (SSSR count). The van der Waals surface area contributed by atoms with Crippen LogP contribution in [0.25, 0.3) is 0 Å². The molecule has 0 spiro atoms. The first-order valence-electron chi connectivity index (χ1n) is 4.02. The van der Waals surface area contributed by atoms with Crippen molar-refractivity contribution in [1.82, 2.24) is 0 Å². The van der Waals surface area contributed by atoms with Crippen molar-refractivity contribution in [2.24, 2.45) is 4.99 Å². The topological polar surface area (TPSA) is 74.2 Å². The van der Waals surface area contributed by atoms with Crippen molar-refractivity contribution in [3.63, 3.8) is 0 Å². The highest BCUT2D eigenvalue weighted by molar-refractivity contribution is 5.76. The third-order valence-corrected chi connectivity index (χ3v) is 1.40. The van der Waals surface area contributed by atoms with Crippen molar-refractivity contribution in [2.45, 2.75) is 26.7 Å². The van der Waals surface area contributed by atoms with Crippen LogP contribution in [0.1, 0.15) is 20.8 Å². The number of rotatable bonds is 2. The van der Waals surface area contributed by atoms with E-state index in [1.54, 1.807) is 6.92 Å². The quantitative estimate of drug-likeness (QED) is 0.471. The van der Waals surface area contributed by atoms with Gasteiger partial charge in [-0.05, 0) is 0 Å². The van der Waals surface area contributed by atoms with Crippen LogP contribution in [-0.2, 0) is 23.8 Å². The molecule has 0 aromatic rings. The van der Waals surface area contributed by atoms with Crippen molar-refractivity contribution >= 4 is 17.8 Å². The summed E-state index contributed by atoms with van der Waals surface area (Å²) in [4.78, 5) is 25.3. The molecule has 1 heterocycles. The molecule has 0 aliphatic carbocycles. The Labute approximate surface area is 80.8 Å². The van der Waals surface area contributed by atoms with Crippen LogP contribution in [0.15, 0.2) is 4.99 Å². The summed E-state index contributed by atoms with van der Waals surface area (Å²) in [5, 5.41) is 0. The molecule has 0 saturated carbocycles. The van der Waals surface area contributed by atoms with Crippen molar-refractivity contribution in [3.05, 3.63) is 0 Å². The van der Waals surface area contributed by atoms with Gasteiger partial charge in [-0.3, -0.25) is 9.59 Å². The van der Waals surface area contributed by atoms with E-state index in [-0.39, 0.29) is 6.61 Å². The Morgan fingerprint density at radius 2 is 1.86 bits per heavy atom. The predicted molar refractivity (Wildman–Crippen MR) is 45.3 cm³/mol. The zero-order valence-electron chi connectivity index (χ0n) is 8.20. The Hall–Kier alpha value is -1.59. The summed E-state index contributed by atoms with van der Waals surface area (Å²) in [5.74, 6) is -2.49. The maximum Gasteiger partial charge on any atom is 0.399 e. The largest absolute Gasteiger partial charge is 0.470 e. The molecule has 0 unspecified atom stereocenters. The first-order valence-corrected chi connectivity index (χ1v) is 4.02. The minimum absolute atomic E-state index is 0.0992. The van der Waals surface area contributed by atoms with Crippen LogP contribution in [0.5, 0.6) is 0 Å². The van der Waals surface area contributed by atoms with E-state index in [1.807, 2.05) is 0 Å². The van der Waals surface area contributed by atoms with E-state index in [2.05, 4.69) is 4.99 Å². The third kappa shape index (κ3) is 2.45. The van der Waals surface area contributed by atoms with Gasteiger partial charge in [-0.25, -0.2) is 0 Å². The highest BCUT2D eigenvalue weighted by Gasteiger charge is 2.42. The summed E-state index contributed by atoms with van der Waals surface area (Å²) in [6, 6.07) is 0. The zero-order valence-corrected chi connectivity index (χ0v) is 8.20. The van der Waals surface area contributed by atoms with E-state index in [4.69, 9.17) is 14.2 Å². The molecule has 0 atom stereocenters. The highest BCUT2D eigenvalue weighted by Crippen LogP contribution is 2.22. The number of nitrogens with zero attached hydrogens (tertiary/aromatic N) is 1. The van der Waals surface area contributed by atoms with Crippen LogP contribution in [-0.4, -0.2) is 30.4 Å². The summed E-state index contributed by atoms with van der Waals surface area (Å²) >= 11 is 0. The first-order chi connectivity index (χ1) is 6.43. The van der Waals surface area contributed by atoms with Crippen LogP contribution in [0.4, 0.5) is 0 Å². The Kier molecular flexibility index (Phi) is 2.73. The van der Waals surface area contributed by atoms with Crippen molar-refractivity contribution in [3.8, 4) is 0 Å². The van der Waals surface area contributed by atoms with Gasteiger partial charge in [0.1, 0.15) is 0 Å². The maximum atomic E-state index is 10.8. The molecule has 6 nitrogen and oxygen atoms in total. The van der Waals surface area contributed by atoms with Gasteiger partial charge in [-0.2, -0.15) is 4.99 Å². The van der Waals surface area contributed by atoms with E-state index in [0.29, 0.717) is 5.90 Å². The van der Waals surface area contributed by atoms with Gasteiger partial charge >= 0.3 is 17.8 Å². The highest BCUT2D eigenvalue weighted by atomic mass is 16.8. The first kappa shape index (κ1) is 10.5. The fraction of sp³-hybridized carbons (Fsp3) is 0.625. The Bertz CT molecular complexity index is 280. The predicted octanol–water partition coefficient (Wildman–Crippen LogP) is 0.215. The minimum atomic E-state index is -1.62. The van der Waals surface area contributed by atoms with Crippen molar-refractivity contribution in [1.29, 1.82) is 0 Å². The van der Waals surface area contributed by atoms with Crippen LogP contribution in [0.3, 0.4) is 0 Å². The molecule has 1 aliphatic heterocycles. The number of ether oxygens (including phenoxy) is 3. The fourth-order valence-corrected chi connectivity index (χ4v) is 1.07. The molecule has 0 aromatic carbocycles. The summed E-state index contributed by atoms with van der Waals surface area (Å²) in [5.41, 5.74) is 0. The molecule has 1 aliphatic rings. The maximum absolute atomic E-state index is 10.8. The number of esters is 2. The molecule has 6 heteroatoms. The van der Waals surface area contributed by atoms with Gasteiger partial charge in [0.05, 0.1) is 0 Å². The van der Waals surface area contributed by atoms with Gasteiger partial charge in [0, 0.05) is 20.8 Å². The van der Waals surface area contributed by atoms with Gasteiger partial charge < -0.3 is 14.2 Å². The smallest absolute Gasteiger partial charge is 0.399 e. The molecule has 0 bridgehead atoms. The number of carbonyl (C=O) groups excluding carboxylic acids is 2. The molecule has 0 radical (unpaired) electrons. The van der Waals surface area contributed by atoms with Crippen LogP contribution >= 0.6 is 0 Å². The van der Waals surface area contributed by atoms with E-state index < -0.39 is 17.8 Å². The van der Waals surface area contributed by atoms with Gasteiger partial charge in [0.25, 0.3) is 0 Å². The van der Waals surface area contributed by atoms with Crippen molar-refractivity contribution < 1.29 is 23.8 Å². The van der Waals surface area contributed by atoms with Gasteiger partial charge in [0.2, 0.25) is 0 Å². The lowest BCUT2D eigenvalue weighted by Gasteiger charge is -2.21. The second-order valence-corrected chi connectivity index (χ2v) is 2.82. The molecule has 78 valence electrons. The number of hydrogen-bond donors (Lipinski definition) is 0. The van der Waals surface area contributed by atoms with Gasteiger partial charge in [0.15, 0.2) is 12.5 Å².